The van der Waals surface area contributed by atoms with E-state index in [0.717, 1.165) is 46.4 Å². The third kappa shape index (κ3) is 8.43. The van der Waals surface area contributed by atoms with Gasteiger partial charge in [-0.2, -0.15) is 17.5 Å². The van der Waals surface area contributed by atoms with Crippen molar-refractivity contribution < 1.29 is 41.0 Å². The molecule has 0 amide bonds. The lowest BCUT2D eigenvalue weighted by atomic mass is 9.65. The highest BCUT2D eigenvalue weighted by Gasteiger charge is 2.58. The van der Waals surface area contributed by atoms with Gasteiger partial charge >= 0.3 is 6.18 Å². The standard InChI is InChI=1S/C46H47ClF3NO6S/c1-29-8-7-22-44(2)39(21-23-45(44,54)28-51(58(3,55)56)27-32-11-6-10-31-9-4-5-12-35(31)32)36-17-14-30(24-34(52)16-13-29)25-37(36)43(53)42-20-19-41(57-42)38-26-33(46(48,49)50)15-18-40(38)47/h4-6,8-12,14-15,17-20,25-26,34,39,52,54H,7,13,16,21-24,27-28H2,1-3H3. The number of sulfonamides is 1. The summed E-state index contributed by atoms with van der Waals surface area (Å²) in [5, 5.41) is 25.9. The number of carbonyl (C=O) groups is 1. The second-order valence-electron chi connectivity index (χ2n) is 16.3. The molecule has 5 aromatic rings. The average Bonchev–Trinajstić information content (AvgIpc) is 3.75. The molecule has 3 aliphatic carbocycles. The smallest absolute Gasteiger partial charge is 0.416 e. The third-order valence-electron chi connectivity index (χ3n) is 12.4. The summed E-state index contributed by atoms with van der Waals surface area (Å²) in [5.41, 5.74) is 0.148. The topological polar surface area (TPSA) is 108 Å². The van der Waals surface area contributed by atoms with Gasteiger partial charge in [0.25, 0.3) is 0 Å². The molecule has 0 spiro atoms. The summed E-state index contributed by atoms with van der Waals surface area (Å²) in [7, 11) is -3.83. The fourth-order valence-electron chi connectivity index (χ4n) is 9.03. The van der Waals surface area contributed by atoms with E-state index in [1.54, 1.807) is 6.07 Å². The van der Waals surface area contributed by atoms with Crippen molar-refractivity contribution in [1.82, 2.24) is 4.31 Å². The highest BCUT2D eigenvalue weighted by atomic mass is 35.5. The lowest BCUT2D eigenvalue weighted by Gasteiger charge is -2.45. The Balaban J connectivity index is 1.30. The van der Waals surface area contributed by atoms with Crippen LogP contribution in [0.25, 0.3) is 22.1 Å². The van der Waals surface area contributed by atoms with E-state index in [1.807, 2.05) is 68.4 Å². The van der Waals surface area contributed by atoms with Crippen LogP contribution in [0.1, 0.15) is 96.7 Å². The summed E-state index contributed by atoms with van der Waals surface area (Å²) in [4.78, 5) is 14.6. The number of ketones is 1. The van der Waals surface area contributed by atoms with Gasteiger partial charge in [0.05, 0.1) is 28.5 Å². The van der Waals surface area contributed by atoms with E-state index in [-0.39, 0.29) is 53.6 Å². The number of fused-ring (bicyclic) bond motifs is 9. The Morgan fingerprint density at radius 1 is 0.983 bits per heavy atom. The molecule has 8 rings (SSSR count). The fourth-order valence-corrected chi connectivity index (χ4v) is 10.1. The van der Waals surface area contributed by atoms with E-state index in [9.17, 15) is 36.6 Å². The zero-order valence-corrected chi connectivity index (χ0v) is 34.2. The molecule has 4 unspecified atom stereocenters. The molecule has 0 saturated heterocycles. The number of nitrogens with zero attached hydrogens (tertiary/aromatic N) is 1. The Hall–Kier alpha value is -4.26. The Morgan fingerprint density at radius 2 is 1.74 bits per heavy atom. The lowest BCUT2D eigenvalue weighted by molar-refractivity contribution is -0.137. The van der Waals surface area contributed by atoms with Crippen molar-refractivity contribution in [2.45, 2.75) is 89.1 Å². The molecule has 306 valence electrons. The van der Waals surface area contributed by atoms with Crippen LogP contribution in [0.5, 0.6) is 0 Å². The maximum Gasteiger partial charge on any atom is 0.416 e. The molecule has 2 N–H and O–H groups in total. The summed E-state index contributed by atoms with van der Waals surface area (Å²) in [6.07, 6.45) is 1.12. The molecule has 58 heavy (non-hydrogen) atoms. The van der Waals surface area contributed by atoms with Crippen LogP contribution >= 0.6 is 11.6 Å². The molecule has 1 fully saturated rings. The maximum atomic E-state index is 14.6. The number of furan rings is 1. The minimum atomic E-state index is -4.62. The van der Waals surface area contributed by atoms with Crippen LogP contribution in [0.4, 0.5) is 13.2 Å². The van der Waals surface area contributed by atoms with Gasteiger partial charge in [-0.3, -0.25) is 4.79 Å². The number of carbonyl (C=O) groups excluding carboxylic acids is 1. The summed E-state index contributed by atoms with van der Waals surface area (Å²) in [6.45, 7) is 3.88. The van der Waals surface area contributed by atoms with Crippen LogP contribution in [-0.4, -0.2) is 53.2 Å². The van der Waals surface area contributed by atoms with Crippen molar-refractivity contribution in [2.75, 3.05) is 12.8 Å². The van der Waals surface area contributed by atoms with Crippen LogP contribution < -0.4 is 0 Å². The van der Waals surface area contributed by atoms with E-state index >= 15 is 0 Å². The Labute approximate surface area is 342 Å². The predicted molar refractivity (Wildman–Crippen MR) is 220 cm³/mol. The Bertz CT molecular complexity index is 2490. The minimum absolute atomic E-state index is 0.0102. The van der Waals surface area contributed by atoms with E-state index in [2.05, 4.69) is 6.08 Å². The molecule has 3 aliphatic rings. The molecular formula is C46H47ClF3NO6S. The molecule has 0 radical (unpaired) electrons. The maximum absolute atomic E-state index is 14.6. The summed E-state index contributed by atoms with van der Waals surface area (Å²) < 4.78 is 75.3. The summed E-state index contributed by atoms with van der Waals surface area (Å²) >= 11 is 6.32. The molecule has 4 aromatic carbocycles. The highest BCUT2D eigenvalue weighted by molar-refractivity contribution is 7.88. The van der Waals surface area contributed by atoms with Gasteiger partial charge in [-0.1, -0.05) is 84.8 Å². The van der Waals surface area contributed by atoms with E-state index in [4.69, 9.17) is 16.0 Å². The number of hydrogen-bond acceptors (Lipinski definition) is 6. The molecule has 7 nitrogen and oxygen atoms in total. The zero-order chi connectivity index (χ0) is 41.6. The molecule has 1 saturated carbocycles. The molecule has 0 aliphatic heterocycles. The molecule has 2 bridgehead atoms. The van der Waals surface area contributed by atoms with Crippen molar-refractivity contribution in [1.29, 1.82) is 0 Å². The van der Waals surface area contributed by atoms with Gasteiger partial charge in [0.15, 0.2) is 5.76 Å². The van der Waals surface area contributed by atoms with Gasteiger partial charge in [-0.25, -0.2) is 8.42 Å². The molecule has 4 atom stereocenters. The highest BCUT2D eigenvalue weighted by Crippen LogP contribution is 2.59. The number of halogens is 4. The number of allylic oxidation sites excluding steroid dienone is 2. The van der Waals surface area contributed by atoms with Gasteiger partial charge in [0, 0.05) is 29.6 Å². The van der Waals surface area contributed by atoms with Crippen LogP contribution in [-0.2, 0) is 29.2 Å². The van der Waals surface area contributed by atoms with Gasteiger partial charge in [0.2, 0.25) is 15.8 Å². The SMILES string of the molecule is CC1=CCCC2(C)C(CCC2(O)CN(Cc2cccc3ccccc23)S(C)(=O)=O)c2ccc(cc2C(=O)c2ccc(-c3cc(C(F)(F)F)ccc3Cl)o2)CC(O)CC1. The number of aliphatic hydroxyl groups is 2. The van der Waals surface area contributed by atoms with Gasteiger partial charge in [-0.05, 0) is 122 Å². The van der Waals surface area contributed by atoms with E-state index < -0.39 is 50.6 Å². The predicted octanol–water partition coefficient (Wildman–Crippen LogP) is 10.5. The van der Waals surface area contributed by atoms with E-state index in [0.29, 0.717) is 43.2 Å². The van der Waals surface area contributed by atoms with Crippen LogP contribution in [0.15, 0.2) is 107 Å². The molecule has 12 heteroatoms. The number of alkyl halides is 3. The number of aliphatic hydroxyl groups excluding tert-OH is 1. The zero-order valence-electron chi connectivity index (χ0n) is 32.7. The molecular weight excluding hydrogens is 787 g/mol. The number of hydrogen-bond donors (Lipinski definition) is 2. The first-order valence-electron chi connectivity index (χ1n) is 19.5. The summed E-state index contributed by atoms with van der Waals surface area (Å²) in [5.74, 6) is -1.06. The normalized spacial score (nSPS) is 23.2. The van der Waals surface area contributed by atoms with Crippen LogP contribution in [0.3, 0.4) is 0 Å². The largest absolute Gasteiger partial charge is 0.453 e. The van der Waals surface area contributed by atoms with Crippen molar-refractivity contribution in [2.24, 2.45) is 5.41 Å². The van der Waals surface area contributed by atoms with E-state index in [1.165, 1.54) is 16.4 Å². The minimum Gasteiger partial charge on any atom is -0.453 e. The average molecular weight is 834 g/mol. The van der Waals surface area contributed by atoms with Crippen molar-refractivity contribution in [3.63, 3.8) is 0 Å². The first kappa shape index (κ1) is 41.9. The van der Waals surface area contributed by atoms with Crippen molar-refractivity contribution in [3.05, 3.63) is 141 Å². The fraction of sp³-hybridized carbons (Fsp3) is 0.370. The van der Waals surface area contributed by atoms with Gasteiger partial charge in [-0.15, -0.1) is 0 Å². The number of rotatable bonds is 8. The first-order valence-corrected chi connectivity index (χ1v) is 21.7. The van der Waals surface area contributed by atoms with Crippen LogP contribution in [0, 0.1) is 5.41 Å². The van der Waals surface area contributed by atoms with Crippen molar-refractivity contribution in [3.8, 4) is 11.3 Å². The lowest BCUT2D eigenvalue weighted by Crippen LogP contribution is -2.53. The monoisotopic (exact) mass is 833 g/mol. The quantitative estimate of drug-likeness (QED) is 0.119. The molecule has 1 aromatic heterocycles. The third-order valence-corrected chi connectivity index (χ3v) is 14.0. The number of benzene rings is 4. The second kappa shape index (κ2) is 16.1. The van der Waals surface area contributed by atoms with Gasteiger partial charge in [0.1, 0.15) is 5.76 Å². The Kier molecular flexibility index (Phi) is 11.6. The van der Waals surface area contributed by atoms with Crippen LogP contribution in [0.2, 0.25) is 5.02 Å². The molecule has 1 heterocycles. The second-order valence-corrected chi connectivity index (χ2v) is 18.7. The Morgan fingerprint density at radius 3 is 2.50 bits per heavy atom. The van der Waals surface area contributed by atoms with Gasteiger partial charge < -0.3 is 14.6 Å². The summed E-state index contributed by atoms with van der Waals surface area (Å²) in [6, 6.07) is 24.7. The first-order chi connectivity index (χ1) is 27.4. The van der Waals surface area contributed by atoms with Crippen molar-refractivity contribution >= 4 is 38.2 Å².